The number of hydrogen-bond acceptors (Lipinski definition) is 6. The minimum absolute atomic E-state index is 0.103. The third-order valence-corrected chi connectivity index (χ3v) is 4.27. The van der Waals surface area contributed by atoms with Crippen LogP contribution in [-0.4, -0.2) is 60.7 Å². The molecule has 0 aromatic carbocycles. The maximum atomic E-state index is 12.0. The standard InChI is InChI=1S/C14H24N4O2S/c1-14(2)10-18(7-8-20-14)6-5-16-13(19)11-9-21-12(17-11)3-4-15/h9H,3-8,10,15H2,1-2H3,(H,16,19). The molecule has 2 rings (SSSR count). The first-order valence-corrected chi connectivity index (χ1v) is 8.17. The predicted molar refractivity (Wildman–Crippen MR) is 83.7 cm³/mol. The Morgan fingerprint density at radius 2 is 2.43 bits per heavy atom. The highest BCUT2D eigenvalue weighted by molar-refractivity contribution is 7.09. The van der Waals surface area contributed by atoms with Crippen LogP contribution >= 0.6 is 11.3 Å². The van der Waals surface area contributed by atoms with E-state index in [1.807, 2.05) is 0 Å². The molecule has 0 bridgehead atoms. The van der Waals surface area contributed by atoms with Gasteiger partial charge in [0.15, 0.2) is 0 Å². The third-order valence-electron chi connectivity index (χ3n) is 3.36. The molecule has 0 unspecified atom stereocenters. The second kappa shape index (κ2) is 7.31. The second-order valence-electron chi connectivity index (χ2n) is 5.81. The second-order valence-corrected chi connectivity index (χ2v) is 6.75. The lowest BCUT2D eigenvalue weighted by atomic mass is 10.1. The number of morpholine rings is 1. The molecule has 6 nitrogen and oxygen atoms in total. The lowest BCUT2D eigenvalue weighted by molar-refractivity contribution is -0.0853. The van der Waals surface area contributed by atoms with Gasteiger partial charge in [-0.25, -0.2) is 4.98 Å². The van der Waals surface area contributed by atoms with Crippen molar-refractivity contribution in [1.29, 1.82) is 0 Å². The first kappa shape index (κ1) is 16.4. The number of rotatable bonds is 6. The Labute approximate surface area is 129 Å². The summed E-state index contributed by atoms with van der Waals surface area (Å²) >= 11 is 1.48. The van der Waals surface area contributed by atoms with Gasteiger partial charge >= 0.3 is 0 Å². The van der Waals surface area contributed by atoms with E-state index >= 15 is 0 Å². The van der Waals surface area contributed by atoms with Crippen LogP contribution in [0.4, 0.5) is 0 Å². The number of amides is 1. The van der Waals surface area contributed by atoms with Crippen molar-refractivity contribution in [3.8, 4) is 0 Å². The molecule has 1 aromatic rings. The number of ether oxygens (including phenoxy) is 1. The van der Waals surface area contributed by atoms with Crippen LogP contribution in [-0.2, 0) is 11.2 Å². The summed E-state index contributed by atoms with van der Waals surface area (Å²) < 4.78 is 5.67. The first-order chi connectivity index (χ1) is 10.00. The van der Waals surface area contributed by atoms with E-state index < -0.39 is 0 Å². The fourth-order valence-electron chi connectivity index (χ4n) is 2.38. The summed E-state index contributed by atoms with van der Waals surface area (Å²) in [5, 5.41) is 5.62. The molecule has 1 saturated heterocycles. The van der Waals surface area contributed by atoms with Gasteiger partial charge in [0.05, 0.1) is 17.2 Å². The van der Waals surface area contributed by atoms with E-state index in [1.54, 1.807) is 5.38 Å². The molecule has 1 amide bonds. The SMILES string of the molecule is CC1(C)CN(CCNC(=O)c2csc(CCN)n2)CCO1. The quantitative estimate of drug-likeness (QED) is 0.799. The molecule has 0 atom stereocenters. The van der Waals surface area contributed by atoms with Gasteiger partial charge in [0.2, 0.25) is 0 Å². The average molecular weight is 312 g/mol. The maximum absolute atomic E-state index is 12.0. The molecule has 0 spiro atoms. The normalized spacial score (nSPS) is 18.6. The molecule has 1 aliphatic heterocycles. The van der Waals surface area contributed by atoms with Crippen molar-refractivity contribution in [3.63, 3.8) is 0 Å². The molecule has 3 N–H and O–H groups in total. The van der Waals surface area contributed by atoms with Crippen LogP contribution in [0.15, 0.2) is 5.38 Å². The van der Waals surface area contributed by atoms with E-state index in [2.05, 4.69) is 29.0 Å². The van der Waals surface area contributed by atoms with Crippen molar-refractivity contribution in [2.45, 2.75) is 25.9 Å². The van der Waals surface area contributed by atoms with E-state index in [1.165, 1.54) is 11.3 Å². The topological polar surface area (TPSA) is 80.5 Å². The number of nitrogens with two attached hydrogens (primary N) is 1. The van der Waals surface area contributed by atoms with Crippen LogP contribution in [0, 0.1) is 0 Å². The number of carbonyl (C=O) groups excluding carboxylic acids is 1. The van der Waals surface area contributed by atoms with Crippen molar-refractivity contribution >= 4 is 17.2 Å². The van der Waals surface area contributed by atoms with Gasteiger partial charge < -0.3 is 15.8 Å². The van der Waals surface area contributed by atoms with Crippen LogP contribution in [0.5, 0.6) is 0 Å². The molecule has 7 heteroatoms. The van der Waals surface area contributed by atoms with Gasteiger partial charge in [0, 0.05) is 38.0 Å². The Morgan fingerprint density at radius 3 is 3.14 bits per heavy atom. The number of thiazole rings is 1. The van der Waals surface area contributed by atoms with Crippen LogP contribution in [0.25, 0.3) is 0 Å². The van der Waals surface area contributed by atoms with E-state index in [9.17, 15) is 4.79 Å². The molecular weight excluding hydrogens is 288 g/mol. The largest absolute Gasteiger partial charge is 0.373 e. The Bertz CT molecular complexity index is 475. The fourth-order valence-corrected chi connectivity index (χ4v) is 3.17. The van der Waals surface area contributed by atoms with Gasteiger partial charge in [0.25, 0.3) is 5.91 Å². The van der Waals surface area contributed by atoms with E-state index in [0.717, 1.165) is 37.7 Å². The maximum Gasteiger partial charge on any atom is 0.270 e. The van der Waals surface area contributed by atoms with Gasteiger partial charge in [-0.2, -0.15) is 0 Å². The Morgan fingerprint density at radius 1 is 1.62 bits per heavy atom. The summed E-state index contributed by atoms with van der Waals surface area (Å²) in [6.07, 6.45) is 0.723. The monoisotopic (exact) mass is 312 g/mol. The highest BCUT2D eigenvalue weighted by Crippen LogP contribution is 2.15. The van der Waals surface area contributed by atoms with Crippen LogP contribution in [0.3, 0.4) is 0 Å². The molecular formula is C14H24N4O2S. The van der Waals surface area contributed by atoms with Crippen LogP contribution in [0.2, 0.25) is 0 Å². The molecule has 1 fully saturated rings. The number of nitrogens with zero attached hydrogens (tertiary/aromatic N) is 2. The van der Waals surface area contributed by atoms with Crippen molar-refractivity contribution in [2.75, 3.05) is 39.3 Å². The fraction of sp³-hybridized carbons (Fsp3) is 0.714. The Kier molecular flexibility index (Phi) is 5.69. The van der Waals surface area contributed by atoms with Crippen LogP contribution < -0.4 is 11.1 Å². The van der Waals surface area contributed by atoms with Gasteiger partial charge in [-0.05, 0) is 20.4 Å². The summed E-state index contributed by atoms with van der Waals surface area (Å²) in [5.74, 6) is -0.109. The van der Waals surface area contributed by atoms with E-state index in [-0.39, 0.29) is 11.5 Å². The predicted octanol–water partition coefficient (Wildman–Crippen LogP) is 0.485. The third kappa shape index (κ3) is 5.03. The minimum Gasteiger partial charge on any atom is -0.373 e. The molecule has 2 heterocycles. The summed E-state index contributed by atoms with van der Waals surface area (Å²) in [7, 11) is 0. The highest BCUT2D eigenvalue weighted by Gasteiger charge is 2.26. The molecule has 0 aliphatic carbocycles. The Hall–Kier alpha value is -1.02. The lowest BCUT2D eigenvalue weighted by Gasteiger charge is -2.38. The minimum atomic E-state index is -0.109. The number of nitrogens with one attached hydrogen (secondary N) is 1. The molecule has 0 radical (unpaired) electrons. The molecule has 118 valence electrons. The zero-order valence-electron chi connectivity index (χ0n) is 12.7. The summed E-state index contributed by atoms with van der Waals surface area (Å²) in [5.41, 5.74) is 5.87. The molecule has 0 saturated carbocycles. The molecule has 1 aromatic heterocycles. The van der Waals surface area contributed by atoms with Gasteiger partial charge in [0.1, 0.15) is 5.69 Å². The number of aromatic nitrogens is 1. The molecule has 21 heavy (non-hydrogen) atoms. The Balaban J connectivity index is 1.73. The van der Waals surface area contributed by atoms with Crippen LogP contribution in [0.1, 0.15) is 29.3 Å². The van der Waals surface area contributed by atoms with Crippen molar-refractivity contribution in [1.82, 2.24) is 15.2 Å². The van der Waals surface area contributed by atoms with Gasteiger partial charge in [-0.3, -0.25) is 9.69 Å². The lowest BCUT2D eigenvalue weighted by Crippen LogP contribution is -2.50. The summed E-state index contributed by atoms with van der Waals surface area (Å²) in [6.45, 7) is 8.74. The van der Waals surface area contributed by atoms with Gasteiger partial charge in [-0.15, -0.1) is 11.3 Å². The zero-order chi connectivity index (χ0) is 15.3. The van der Waals surface area contributed by atoms with Crippen molar-refractivity contribution < 1.29 is 9.53 Å². The summed E-state index contributed by atoms with van der Waals surface area (Å²) in [6, 6.07) is 0. The highest BCUT2D eigenvalue weighted by atomic mass is 32.1. The summed E-state index contributed by atoms with van der Waals surface area (Å²) in [4.78, 5) is 18.6. The van der Waals surface area contributed by atoms with E-state index in [4.69, 9.17) is 10.5 Å². The van der Waals surface area contributed by atoms with Gasteiger partial charge in [-0.1, -0.05) is 0 Å². The number of carbonyl (C=O) groups is 1. The van der Waals surface area contributed by atoms with E-state index in [0.29, 0.717) is 18.8 Å². The smallest absolute Gasteiger partial charge is 0.270 e. The zero-order valence-corrected chi connectivity index (χ0v) is 13.5. The number of hydrogen-bond donors (Lipinski definition) is 2. The van der Waals surface area contributed by atoms with Crippen molar-refractivity contribution in [3.05, 3.63) is 16.1 Å². The average Bonchev–Trinajstić information content (AvgIpc) is 2.87. The first-order valence-electron chi connectivity index (χ1n) is 7.29. The van der Waals surface area contributed by atoms with Crippen molar-refractivity contribution in [2.24, 2.45) is 5.73 Å². The molecule has 1 aliphatic rings.